The monoisotopic (exact) mass is 445 g/mol. The molecule has 5 rings (SSSR count). The molecular formula is C24H23N5O2S. The van der Waals surface area contributed by atoms with E-state index in [0.717, 1.165) is 38.4 Å². The highest BCUT2D eigenvalue weighted by atomic mass is 32.1. The number of benzene rings is 2. The van der Waals surface area contributed by atoms with E-state index in [-0.39, 0.29) is 11.1 Å². The number of nitrogens with zero attached hydrogens (tertiary/aromatic N) is 4. The molecule has 0 radical (unpaired) electrons. The van der Waals surface area contributed by atoms with E-state index < -0.39 is 5.91 Å². The predicted molar refractivity (Wildman–Crippen MR) is 128 cm³/mol. The number of piperazine rings is 1. The molecule has 0 spiro atoms. The summed E-state index contributed by atoms with van der Waals surface area (Å²) in [5.41, 5.74) is 2.78. The number of nitrogens with one attached hydrogen (secondary N) is 1. The third-order valence-corrected chi connectivity index (χ3v) is 6.47. The quantitative estimate of drug-likeness (QED) is 0.510. The molecule has 0 saturated carbocycles. The first-order valence-electron chi connectivity index (χ1n) is 10.5. The van der Waals surface area contributed by atoms with E-state index >= 15 is 0 Å². The molecule has 1 saturated heterocycles. The second-order valence-corrected chi connectivity index (χ2v) is 8.66. The Morgan fingerprint density at radius 3 is 2.50 bits per heavy atom. The van der Waals surface area contributed by atoms with Crippen molar-refractivity contribution in [3.8, 4) is 0 Å². The Kier molecular flexibility index (Phi) is 5.70. The van der Waals surface area contributed by atoms with Gasteiger partial charge in [-0.1, -0.05) is 30.3 Å². The molecule has 2 aromatic heterocycles. The van der Waals surface area contributed by atoms with Crippen LogP contribution in [-0.2, 0) is 6.54 Å². The van der Waals surface area contributed by atoms with Crippen LogP contribution in [0.25, 0.3) is 4.96 Å². The number of carbonyl (C=O) groups excluding carboxylic acids is 1. The third kappa shape index (κ3) is 4.28. The largest absolute Gasteiger partial charge is 0.369 e. The number of hydrogen-bond donors (Lipinski definition) is 1. The molecule has 0 aliphatic carbocycles. The van der Waals surface area contributed by atoms with Gasteiger partial charge >= 0.3 is 0 Å². The minimum absolute atomic E-state index is 0.0273. The molecule has 8 heteroatoms. The third-order valence-electron chi connectivity index (χ3n) is 5.70. The van der Waals surface area contributed by atoms with Crippen molar-refractivity contribution in [1.29, 1.82) is 0 Å². The molecule has 32 heavy (non-hydrogen) atoms. The van der Waals surface area contributed by atoms with Crippen LogP contribution in [0.15, 0.2) is 77.2 Å². The van der Waals surface area contributed by atoms with Gasteiger partial charge in [0.1, 0.15) is 5.56 Å². The molecule has 1 aliphatic rings. The van der Waals surface area contributed by atoms with Crippen molar-refractivity contribution in [2.75, 3.05) is 36.4 Å². The fourth-order valence-corrected chi connectivity index (χ4v) is 4.62. The van der Waals surface area contributed by atoms with Gasteiger partial charge in [0, 0.05) is 61.9 Å². The van der Waals surface area contributed by atoms with E-state index in [9.17, 15) is 9.59 Å². The molecule has 1 amide bonds. The number of amides is 1. The van der Waals surface area contributed by atoms with Crippen LogP contribution in [-0.4, -0.2) is 46.4 Å². The number of aromatic nitrogens is 2. The molecule has 7 nitrogen and oxygen atoms in total. The van der Waals surface area contributed by atoms with Crippen LogP contribution in [0, 0.1) is 0 Å². The molecule has 0 atom stereocenters. The summed E-state index contributed by atoms with van der Waals surface area (Å²) < 4.78 is 1.39. The summed E-state index contributed by atoms with van der Waals surface area (Å²) in [6.07, 6.45) is 2.97. The van der Waals surface area contributed by atoms with E-state index in [4.69, 9.17) is 0 Å². The van der Waals surface area contributed by atoms with Crippen LogP contribution >= 0.6 is 11.3 Å². The Labute approximate surface area is 189 Å². The van der Waals surface area contributed by atoms with Gasteiger partial charge in [0.15, 0.2) is 4.96 Å². The van der Waals surface area contributed by atoms with Crippen molar-refractivity contribution in [1.82, 2.24) is 14.3 Å². The number of carbonyl (C=O) groups is 1. The maximum absolute atomic E-state index is 12.6. The molecule has 1 aliphatic heterocycles. The summed E-state index contributed by atoms with van der Waals surface area (Å²) in [6.45, 7) is 4.92. The molecule has 2 aromatic carbocycles. The van der Waals surface area contributed by atoms with Crippen molar-refractivity contribution in [2.24, 2.45) is 0 Å². The number of thiazole rings is 1. The standard InChI is InChI=1S/C24H23N5O2S/c30-22(21-16-25-24-29(23(21)31)14-15-32-24)26-19-6-8-20(9-7-19)28-12-10-27(11-13-28)17-18-4-2-1-3-5-18/h1-9,14-16H,10-13,17H2,(H,26,30). The van der Waals surface area contributed by atoms with Gasteiger partial charge in [-0.25, -0.2) is 4.98 Å². The zero-order valence-electron chi connectivity index (χ0n) is 17.5. The highest BCUT2D eigenvalue weighted by Crippen LogP contribution is 2.20. The SMILES string of the molecule is O=C(Nc1ccc(N2CCN(Cc3ccccc3)CC2)cc1)c1cnc2sccn2c1=O. The van der Waals surface area contributed by atoms with E-state index in [1.807, 2.05) is 30.3 Å². The summed E-state index contributed by atoms with van der Waals surface area (Å²) in [4.78, 5) is 34.7. The van der Waals surface area contributed by atoms with Crippen LogP contribution in [0.3, 0.4) is 0 Å². The summed E-state index contributed by atoms with van der Waals surface area (Å²) in [7, 11) is 0. The van der Waals surface area contributed by atoms with E-state index in [0.29, 0.717) is 10.6 Å². The summed E-state index contributed by atoms with van der Waals surface area (Å²) >= 11 is 1.35. The van der Waals surface area contributed by atoms with Gasteiger partial charge in [-0.3, -0.25) is 18.9 Å². The van der Waals surface area contributed by atoms with Crippen molar-refractivity contribution in [2.45, 2.75) is 6.54 Å². The van der Waals surface area contributed by atoms with Crippen molar-refractivity contribution in [3.63, 3.8) is 0 Å². The average molecular weight is 446 g/mol. The Balaban J connectivity index is 1.19. The second-order valence-electron chi connectivity index (χ2n) is 7.78. The molecule has 0 bridgehead atoms. The van der Waals surface area contributed by atoms with Gasteiger partial charge in [-0.05, 0) is 29.8 Å². The van der Waals surface area contributed by atoms with Crippen LogP contribution in [0.5, 0.6) is 0 Å². The molecule has 0 unspecified atom stereocenters. The molecule has 162 valence electrons. The lowest BCUT2D eigenvalue weighted by atomic mass is 10.2. The minimum Gasteiger partial charge on any atom is -0.369 e. The van der Waals surface area contributed by atoms with E-state index in [1.165, 1.54) is 27.5 Å². The van der Waals surface area contributed by atoms with Crippen molar-refractivity contribution >= 4 is 33.6 Å². The van der Waals surface area contributed by atoms with Gasteiger partial charge in [-0.15, -0.1) is 11.3 Å². The zero-order valence-corrected chi connectivity index (χ0v) is 18.3. The number of hydrogen-bond acceptors (Lipinski definition) is 6. The highest BCUT2D eigenvalue weighted by molar-refractivity contribution is 7.15. The lowest BCUT2D eigenvalue weighted by Crippen LogP contribution is -2.45. The molecule has 4 aromatic rings. The minimum atomic E-state index is -0.453. The molecule has 3 heterocycles. The van der Waals surface area contributed by atoms with Crippen molar-refractivity contribution in [3.05, 3.63) is 93.9 Å². The second kappa shape index (κ2) is 8.94. The predicted octanol–water partition coefficient (Wildman–Crippen LogP) is 3.33. The molecule has 1 N–H and O–H groups in total. The first kappa shape index (κ1) is 20.4. The van der Waals surface area contributed by atoms with Gasteiger partial charge in [0.05, 0.1) is 0 Å². The van der Waals surface area contributed by atoms with E-state index in [1.54, 1.807) is 11.6 Å². The smallest absolute Gasteiger partial charge is 0.271 e. The Hall–Kier alpha value is -3.49. The number of fused-ring (bicyclic) bond motifs is 1. The van der Waals surface area contributed by atoms with Crippen LogP contribution in [0.2, 0.25) is 0 Å². The molecular weight excluding hydrogens is 422 g/mol. The fraction of sp³-hybridized carbons (Fsp3) is 0.208. The van der Waals surface area contributed by atoms with Crippen LogP contribution in [0.4, 0.5) is 11.4 Å². The Bertz CT molecular complexity index is 1280. The van der Waals surface area contributed by atoms with Gasteiger partial charge in [0.25, 0.3) is 11.5 Å². The lowest BCUT2D eigenvalue weighted by Gasteiger charge is -2.36. The van der Waals surface area contributed by atoms with Gasteiger partial charge < -0.3 is 10.2 Å². The van der Waals surface area contributed by atoms with Gasteiger partial charge in [-0.2, -0.15) is 0 Å². The highest BCUT2D eigenvalue weighted by Gasteiger charge is 2.18. The maximum Gasteiger partial charge on any atom is 0.271 e. The zero-order chi connectivity index (χ0) is 21.9. The summed E-state index contributed by atoms with van der Waals surface area (Å²) in [5.74, 6) is -0.453. The topological polar surface area (TPSA) is 70.0 Å². The van der Waals surface area contributed by atoms with Crippen LogP contribution in [0.1, 0.15) is 15.9 Å². The molecule has 1 fully saturated rings. The first-order chi connectivity index (χ1) is 15.7. The summed E-state index contributed by atoms with van der Waals surface area (Å²) in [6, 6.07) is 18.3. The number of rotatable bonds is 5. The first-order valence-corrected chi connectivity index (χ1v) is 11.4. The normalized spacial score (nSPS) is 14.6. The number of anilines is 2. The fourth-order valence-electron chi connectivity index (χ4n) is 3.94. The lowest BCUT2D eigenvalue weighted by molar-refractivity contribution is 0.102. The summed E-state index contributed by atoms with van der Waals surface area (Å²) in [5, 5.41) is 4.57. The Morgan fingerprint density at radius 2 is 1.75 bits per heavy atom. The van der Waals surface area contributed by atoms with Gasteiger partial charge in [0.2, 0.25) is 0 Å². The Morgan fingerprint density at radius 1 is 1.00 bits per heavy atom. The average Bonchev–Trinajstić information content (AvgIpc) is 3.31. The van der Waals surface area contributed by atoms with Crippen molar-refractivity contribution < 1.29 is 4.79 Å². The maximum atomic E-state index is 12.6. The van der Waals surface area contributed by atoms with E-state index in [2.05, 4.69) is 44.4 Å². The van der Waals surface area contributed by atoms with Crippen LogP contribution < -0.4 is 15.8 Å².